The molecule has 0 bridgehead atoms. The number of nitrogens with one attached hydrogen (secondary N) is 1. The Morgan fingerprint density at radius 1 is 0.710 bits per heavy atom. The number of carbonyl (C=O) groups excluding carboxylic acids is 1. The molecule has 0 aromatic heterocycles. The fourth-order valence-corrected chi connectivity index (χ4v) is 2.73. The van der Waals surface area contributed by atoms with Crippen LogP contribution in [0.15, 0.2) is 0 Å². The highest BCUT2D eigenvalue weighted by molar-refractivity contribution is 5.75. The van der Waals surface area contributed by atoms with Crippen molar-refractivity contribution in [3.05, 3.63) is 0 Å². The molecule has 0 aromatic rings. The first-order chi connectivity index (χ1) is 15.1. The third kappa shape index (κ3) is 25.4. The maximum Gasteiger partial charge on any atom is 0.220 e. The van der Waals surface area contributed by atoms with E-state index < -0.39 is 0 Å². The number of ether oxygens (including phenoxy) is 5. The molecular formula is C24H51NO6. The Bertz CT molecular complexity index is 388. The van der Waals surface area contributed by atoms with Gasteiger partial charge in [-0.3, -0.25) is 4.79 Å². The quantitative estimate of drug-likeness (QED) is 0.221. The summed E-state index contributed by atoms with van der Waals surface area (Å²) < 4.78 is 27.4. The normalized spacial score (nSPS) is 12.4. The van der Waals surface area contributed by atoms with Gasteiger partial charge in [-0.15, -0.1) is 0 Å². The molecule has 1 atom stereocenters. The molecule has 7 heteroatoms. The van der Waals surface area contributed by atoms with Crippen LogP contribution in [0.25, 0.3) is 0 Å². The smallest absolute Gasteiger partial charge is 0.220 e. The van der Waals surface area contributed by atoms with E-state index in [1.54, 1.807) is 0 Å². The second-order valence-corrected chi connectivity index (χ2v) is 8.07. The summed E-state index contributed by atoms with van der Waals surface area (Å²) in [4.78, 5) is 11.8. The summed E-state index contributed by atoms with van der Waals surface area (Å²) in [6, 6.07) is 0. The van der Waals surface area contributed by atoms with Crippen LogP contribution >= 0.6 is 0 Å². The first kappa shape index (κ1) is 30.3. The Morgan fingerprint density at radius 2 is 1.26 bits per heavy atom. The van der Waals surface area contributed by atoms with Gasteiger partial charge in [-0.2, -0.15) is 0 Å². The van der Waals surface area contributed by atoms with E-state index in [1.807, 2.05) is 0 Å². The molecule has 1 N–H and O–H groups in total. The van der Waals surface area contributed by atoms with Crippen molar-refractivity contribution in [2.75, 3.05) is 59.4 Å². The Balaban J connectivity index is 0. The minimum Gasteiger partial charge on any atom is -0.379 e. The maximum atomic E-state index is 11.8. The van der Waals surface area contributed by atoms with Crippen molar-refractivity contribution in [3.63, 3.8) is 0 Å². The molecule has 7 nitrogen and oxygen atoms in total. The van der Waals surface area contributed by atoms with Crippen LogP contribution in [0, 0.1) is 0 Å². The molecular weight excluding hydrogens is 398 g/mol. The predicted octanol–water partition coefficient (Wildman–Crippen LogP) is 4.37. The van der Waals surface area contributed by atoms with E-state index in [1.165, 1.54) is 19.3 Å². The van der Waals surface area contributed by atoms with E-state index >= 15 is 0 Å². The molecule has 0 fully saturated rings. The summed E-state index contributed by atoms with van der Waals surface area (Å²) in [6.45, 7) is 13.6. The number of unbranched alkanes of at least 4 members (excludes halogenated alkanes) is 5. The number of carbonyl (C=O) groups is 1. The van der Waals surface area contributed by atoms with Gasteiger partial charge in [0.25, 0.3) is 0 Å². The van der Waals surface area contributed by atoms with E-state index in [4.69, 9.17) is 23.7 Å². The monoisotopic (exact) mass is 449 g/mol. The fourth-order valence-electron chi connectivity index (χ4n) is 2.73. The molecule has 0 aliphatic carbocycles. The average Bonchev–Trinajstić information content (AvgIpc) is 2.75. The maximum absolute atomic E-state index is 11.8. The molecule has 1 amide bonds. The van der Waals surface area contributed by atoms with Gasteiger partial charge in [-0.05, 0) is 40.0 Å². The Kier molecular flexibility index (Phi) is 23.4. The van der Waals surface area contributed by atoms with Gasteiger partial charge in [0.15, 0.2) is 0 Å². The van der Waals surface area contributed by atoms with Crippen LogP contribution in [0.3, 0.4) is 0 Å². The summed E-state index contributed by atoms with van der Waals surface area (Å²) in [7, 11) is 0. The molecule has 0 saturated heterocycles. The molecule has 0 heterocycles. The fraction of sp³-hybridized carbons (Fsp3) is 0.958. The van der Waals surface area contributed by atoms with Crippen molar-refractivity contribution < 1.29 is 29.9 Å². The molecule has 0 spiro atoms. The van der Waals surface area contributed by atoms with Crippen LogP contribution in [0.2, 0.25) is 0 Å². The average molecular weight is 450 g/mol. The number of hydrogen-bond donors (Lipinski definition) is 1. The molecule has 1 unspecified atom stereocenters. The molecule has 188 valence electrons. The van der Waals surface area contributed by atoms with Crippen LogP contribution in [-0.4, -0.2) is 77.5 Å². The van der Waals surface area contributed by atoms with Crippen molar-refractivity contribution in [2.45, 2.75) is 91.3 Å². The van der Waals surface area contributed by atoms with Crippen molar-refractivity contribution in [3.8, 4) is 0 Å². The lowest BCUT2D eigenvalue weighted by molar-refractivity contribution is -0.121. The Morgan fingerprint density at radius 3 is 1.87 bits per heavy atom. The standard InChI is InChI=1S/C24H49NO6.H2/c1-5-23(4)31-21-20-29-19-18-28-17-16-27-15-13-25-24(26)12-10-8-6-7-9-11-14-30-22(2)3;/h22-23H,5-21H2,1-4H3,(H,25,26);1H. The van der Waals surface area contributed by atoms with Gasteiger partial charge in [-0.1, -0.05) is 32.6 Å². The largest absolute Gasteiger partial charge is 0.379 e. The van der Waals surface area contributed by atoms with E-state index in [2.05, 4.69) is 33.0 Å². The molecule has 0 aliphatic heterocycles. The molecule has 0 radical (unpaired) electrons. The van der Waals surface area contributed by atoms with Crippen LogP contribution in [-0.2, 0) is 28.5 Å². The third-order valence-corrected chi connectivity index (χ3v) is 4.77. The van der Waals surface area contributed by atoms with E-state index in [0.717, 1.165) is 32.3 Å². The van der Waals surface area contributed by atoms with Gasteiger partial charge in [0.1, 0.15) is 0 Å². The van der Waals surface area contributed by atoms with Gasteiger partial charge >= 0.3 is 0 Å². The van der Waals surface area contributed by atoms with E-state index in [-0.39, 0.29) is 13.4 Å². The minimum atomic E-state index is 0. The van der Waals surface area contributed by atoms with Gasteiger partial charge < -0.3 is 29.0 Å². The molecule has 31 heavy (non-hydrogen) atoms. The lowest BCUT2D eigenvalue weighted by Crippen LogP contribution is -2.27. The zero-order valence-electron chi connectivity index (χ0n) is 20.6. The highest BCUT2D eigenvalue weighted by Gasteiger charge is 2.01. The van der Waals surface area contributed by atoms with Crippen LogP contribution in [0.4, 0.5) is 0 Å². The SMILES string of the molecule is CCC(C)OCCOCCOCCOCCNC(=O)CCCCCCCCOC(C)C.[HH]. The minimum absolute atomic E-state index is 0. The van der Waals surface area contributed by atoms with E-state index in [9.17, 15) is 4.79 Å². The zero-order valence-corrected chi connectivity index (χ0v) is 20.6. The summed E-state index contributed by atoms with van der Waals surface area (Å²) in [5.74, 6) is 0.111. The van der Waals surface area contributed by atoms with Crippen molar-refractivity contribution in [2.24, 2.45) is 0 Å². The highest BCUT2D eigenvalue weighted by Crippen LogP contribution is 2.07. The van der Waals surface area contributed by atoms with Gasteiger partial charge in [-0.25, -0.2) is 0 Å². The van der Waals surface area contributed by atoms with E-state index in [0.29, 0.717) is 65.3 Å². The molecule has 0 aliphatic rings. The lowest BCUT2D eigenvalue weighted by atomic mass is 10.1. The molecule has 0 aromatic carbocycles. The second-order valence-electron chi connectivity index (χ2n) is 8.07. The predicted molar refractivity (Wildman–Crippen MR) is 127 cm³/mol. The van der Waals surface area contributed by atoms with Gasteiger partial charge in [0.05, 0.1) is 58.5 Å². The lowest BCUT2D eigenvalue weighted by Gasteiger charge is -2.11. The first-order valence-electron chi connectivity index (χ1n) is 12.3. The summed E-state index contributed by atoms with van der Waals surface area (Å²) in [6.07, 6.45) is 9.04. The number of rotatable bonds is 24. The topological polar surface area (TPSA) is 75.3 Å². The summed E-state index contributed by atoms with van der Waals surface area (Å²) >= 11 is 0. The highest BCUT2D eigenvalue weighted by atomic mass is 16.6. The summed E-state index contributed by atoms with van der Waals surface area (Å²) in [5.41, 5.74) is 0. The van der Waals surface area contributed by atoms with Crippen LogP contribution < -0.4 is 5.32 Å². The Labute approximate surface area is 192 Å². The first-order valence-corrected chi connectivity index (χ1v) is 12.3. The van der Waals surface area contributed by atoms with Crippen molar-refractivity contribution >= 4 is 5.91 Å². The number of amides is 1. The van der Waals surface area contributed by atoms with Gasteiger partial charge in [0, 0.05) is 21.0 Å². The van der Waals surface area contributed by atoms with Crippen molar-refractivity contribution in [1.29, 1.82) is 0 Å². The second kappa shape index (κ2) is 23.9. The van der Waals surface area contributed by atoms with Crippen LogP contribution in [0.5, 0.6) is 0 Å². The molecule has 0 rings (SSSR count). The third-order valence-electron chi connectivity index (χ3n) is 4.77. The zero-order chi connectivity index (χ0) is 23.0. The Hall–Kier alpha value is -0.730. The molecule has 0 saturated carbocycles. The van der Waals surface area contributed by atoms with Crippen LogP contribution in [0.1, 0.15) is 80.5 Å². The summed E-state index contributed by atoms with van der Waals surface area (Å²) in [5, 5.41) is 2.90. The van der Waals surface area contributed by atoms with Gasteiger partial charge in [0.2, 0.25) is 5.91 Å². The van der Waals surface area contributed by atoms with Crippen molar-refractivity contribution in [1.82, 2.24) is 5.32 Å². The number of hydrogen-bond acceptors (Lipinski definition) is 6.